The lowest BCUT2D eigenvalue weighted by atomic mass is 9.74. The molecule has 1 aliphatic heterocycles. The minimum atomic E-state index is -0.732. The number of hydrogen-bond donors (Lipinski definition) is 3. The molecule has 0 bridgehead atoms. The van der Waals surface area contributed by atoms with E-state index < -0.39 is 11.4 Å². The molecule has 2 aliphatic rings. The van der Waals surface area contributed by atoms with Gasteiger partial charge in [0.25, 0.3) is 0 Å². The summed E-state index contributed by atoms with van der Waals surface area (Å²) in [6.07, 6.45) is 5.28. The molecule has 3 unspecified atom stereocenters. The predicted molar refractivity (Wildman–Crippen MR) is 80.9 cm³/mol. The smallest absolute Gasteiger partial charge is 0.306 e. The molecule has 3 N–H and O–H groups in total. The van der Waals surface area contributed by atoms with Gasteiger partial charge in [0, 0.05) is 11.5 Å². The van der Waals surface area contributed by atoms with Crippen molar-refractivity contribution in [1.82, 2.24) is 10.6 Å². The third-order valence-corrected chi connectivity index (χ3v) is 5.26. The lowest BCUT2D eigenvalue weighted by Crippen LogP contribution is -2.50. The van der Waals surface area contributed by atoms with Crippen LogP contribution in [-0.4, -0.2) is 36.1 Å². The molecule has 2 fully saturated rings. The van der Waals surface area contributed by atoms with Crippen LogP contribution < -0.4 is 10.6 Å². The molecule has 1 aliphatic carbocycles. The van der Waals surface area contributed by atoms with Gasteiger partial charge in [0.2, 0.25) is 5.91 Å². The maximum Gasteiger partial charge on any atom is 0.306 e. The molecule has 1 saturated carbocycles. The van der Waals surface area contributed by atoms with Crippen LogP contribution in [0.1, 0.15) is 52.4 Å². The third-order valence-electron chi connectivity index (χ3n) is 5.26. The first-order valence-corrected chi connectivity index (χ1v) is 8.15. The second kappa shape index (κ2) is 6.77. The van der Waals surface area contributed by atoms with Gasteiger partial charge in [-0.3, -0.25) is 9.59 Å². The van der Waals surface area contributed by atoms with Gasteiger partial charge in [0.15, 0.2) is 0 Å². The summed E-state index contributed by atoms with van der Waals surface area (Å²) in [6, 6.07) is 0.0168. The number of piperidine rings is 1. The molecular formula is C16H28N2O3. The number of carboxylic acids is 1. The molecule has 0 aromatic heterocycles. The zero-order valence-electron chi connectivity index (χ0n) is 13.2. The summed E-state index contributed by atoms with van der Waals surface area (Å²) >= 11 is 0. The first-order valence-electron chi connectivity index (χ1n) is 8.15. The molecule has 5 nitrogen and oxygen atoms in total. The van der Waals surface area contributed by atoms with E-state index in [0.29, 0.717) is 12.3 Å². The highest BCUT2D eigenvalue weighted by Gasteiger charge is 2.39. The van der Waals surface area contributed by atoms with E-state index in [-0.39, 0.29) is 17.9 Å². The third kappa shape index (κ3) is 3.96. The van der Waals surface area contributed by atoms with Crippen molar-refractivity contribution in [2.75, 3.05) is 13.1 Å². The van der Waals surface area contributed by atoms with Crippen molar-refractivity contribution in [3.05, 3.63) is 0 Å². The van der Waals surface area contributed by atoms with Crippen molar-refractivity contribution < 1.29 is 14.7 Å². The Morgan fingerprint density at radius 2 is 1.95 bits per heavy atom. The van der Waals surface area contributed by atoms with Crippen LogP contribution in [0.25, 0.3) is 0 Å². The first kappa shape index (κ1) is 16.3. The Kier molecular flexibility index (Phi) is 5.25. The zero-order chi connectivity index (χ0) is 15.5. The molecule has 2 rings (SSSR count). The van der Waals surface area contributed by atoms with Crippen molar-refractivity contribution in [3.63, 3.8) is 0 Å². The molecule has 1 heterocycles. The molecule has 0 radical (unpaired) electrons. The molecule has 0 aromatic rings. The summed E-state index contributed by atoms with van der Waals surface area (Å²) in [5, 5.41) is 15.6. The quantitative estimate of drug-likeness (QED) is 0.739. The van der Waals surface area contributed by atoms with Crippen LogP contribution in [0.15, 0.2) is 0 Å². The lowest BCUT2D eigenvalue weighted by Gasteiger charge is -2.38. The normalized spacial score (nSPS) is 30.7. The molecule has 21 heavy (non-hydrogen) atoms. The maximum atomic E-state index is 12.6. The molecule has 1 saturated heterocycles. The Morgan fingerprint density at radius 3 is 2.57 bits per heavy atom. The highest BCUT2D eigenvalue weighted by Crippen LogP contribution is 2.33. The fraction of sp³-hybridized carbons (Fsp3) is 0.875. The van der Waals surface area contributed by atoms with Gasteiger partial charge < -0.3 is 15.7 Å². The van der Waals surface area contributed by atoms with Crippen LogP contribution in [0.2, 0.25) is 0 Å². The summed E-state index contributed by atoms with van der Waals surface area (Å²) in [5.74, 6) is -0.606. The summed E-state index contributed by atoms with van der Waals surface area (Å²) in [4.78, 5) is 23.7. The van der Waals surface area contributed by atoms with Gasteiger partial charge in [-0.05, 0) is 51.1 Å². The van der Waals surface area contributed by atoms with Crippen LogP contribution >= 0.6 is 0 Å². The molecule has 0 spiro atoms. The van der Waals surface area contributed by atoms with Gasteiger partial charge in [-0.15, -0.1) is 0 Å². The number of amides is 1. The SMILES string of the molecule is CC(C)(C(=O)NC1CCCC(C(=O)O)C1)C1CCCNC1. The Labute approximate surface area is 126 Å². The second-order valence-electron chi connectivity index (χ2n) is 7.14. The van der Waals surface area contributed by atoms with Crippen LogP contribution in [0.5, 0.6) is 0 Å². The van der Waals surface area contributed by atoms with Gasteiger partial charge in [-0.1, -0.05) is 20.3 Å². The molecule has 1 amide bonds. The van der Waals surface area contributed by atoms with Crippen molar-refractivity contribution >= 4 is 11.9 Å². The van der Waals surface area contributed by atoms with Crippen LogP contribution in [0.4, 0.5) is 0 Å². The van der Waals surface area contributed by atoms with Crippen molar-refractivity contribution in [3.8, 4) is 0 Å². The average Bonchev–Trinajstić information content (AvgIpc) is 2.48. The monoisotopic (exact) mass is 296 g/mol. The average molecular weight is 296 g/mol. The Morgan fingerprint density at radius 1 is 1.19 bits per heavy atom. The summed E-state index contributed by atoms with van der Waals surface area (Å²) in [5.41, 5.74) is -0.399. The minimum absolute atomic E-state index is 0.0168. The largest absolute Gasteiger partial charge is 0.481 e. The number of carbonyl (C=O) groups is 2. The molecule has 0 aromatic carbocycles. The molecule has 120 valence electrons. The Balaban J connectivity index is 1.91. The topological polar surface area (TPSA) is 78.4 Å². The van der Waals surface area contributed by atoms with E-state index >= 15 is 0 Å². The number of carboxylic acid groups (broad SMARTS) is 1. The van der Waals surface area contributed by atoms with Crippen molar-refractivity contribution in [2.45, 2.75) is 58.4 Å². The molecule has 5 heteroatoms. The van der Waals surface area contributed by atoms with Crippen LogP contribution in [0.3, 0.4) is 0 Å². The van der Waals surface area contributed by atoms with Gasteiger partial charge >= 0.3 is 5.97 Å². The number of nitrogens with one attached hydrogen (secondary N) is 2. The van der Waals surface area contributed by atoms with Gasteiger partial charge in [0.05, 0.1) is 5.92 Å². The summed E-state index contributed by atoms with van der Waals surface area (Å²) < 4.78 is 0. The van der Waals surface area contributed by atoms with Crippen LogP contribution in [0, 0.1) is 17.3 Å². The maximum absolute atomic E-state index is 12.6. The van der Waals surface area contributed by atoms with Crippen molar-refractivity contribution in [2.24, 2.45) is 17.3 Å². The van der Waals surface area contributed by atoms with Gasteiger partial charge in [-0.2, -0.15) is 0 Å². The van der Waals surface area contributed by atoms with Gasteiger partial charge in [-0.25, -0.2) is 0 Å². The second-order valence-corrected chi connectivity index (χ2v) is 7.14. The lowest BCUT2D eigenvalue weighted by molar-refractivity contribution is -0.144. The summed E-state index contributed by atoms with van der Waals surface area (Å²) in [6.45, 7) is 5.95. The van der Waals surface area contributed by atoms with E-state index in [9.17, 15) is 9.59 Å². The highest BCUT2D eigenvalue weighted by molar-refractivity contribution is 5.82. The van der Waals surface area contributed by atoms with E-state index in [4.69, 9.17) is 5.11 Å². The number of hydrogen-bond acceptors (Lipinski definition) is 3. The van der Waals surface area contributed by atoms with Crippen LogP contribution in [-0.2, 0) is 9.59 Å². The van der Waals surface area contributed by atoms with E-state index in [1.807, 2.05) is 13.8 Å². The fourth-order valence-electron chi connectivity index (χ4n) is 3.57. The summed E-state index contributed by atoms with van der Waals surface area (Å²) in [7, 11) is 0. The number of aliphatic carboxylic acids is 1. The minimum Gasteiger partial charge on any atom is -0.481 e. The van der Waals surface area contributed by atoms with E-state index in [2.05, 4.69) is 10.6 Å². The number of rotatable bonds is 4. The molecule has 3 atom stereocenters. The standard InChI is InChI=1S/C16H28N2O3/c1-16(2,12-6-4-8-17-10-12)15(21)18-13-7-3-5-11(9-13)14(19)20/h11-13,17H,3-10H2,1-2H3,(H,18,21)(H,19,20). The zero-order valence-corrected chi connectivity index (χ0v) is 13.2. The van der Waals surface area contributed by atoms with E-state index in [0.717, 1.165) is 45.2 Å². The van der Waals surface area contributed by atoms with Crippen molar-refractivity contribution in [1.29, 1.82) is 0 Å². The Bertz CT molecular complexity index is 389. The molecular weight excluding hydrogens is 268 g/mol. The number of carbonyl (C=O) groups excluding carboxylic acids is 1. The van der Waals surface area contributed by atoms with E-state index in [1.54, 1.807) is 0 Å². The Hall–Kier alpha value is -1.10. The van der Waals surface area contributed by atoms with Gasteiger partial charge in [0.1, 0.15) is 0 Å². The first-order chi connectivity index (χ1) is 9.91. The predicted octanol–water partition coefficient (Wildman–Crippen LogP) is 1.77. The van der Waals surface area contributed by atoms with E-state index in [1.165, 1.54) is 0 Å². The highest BCUT2D eigenvalue weighted by atomic mass is 16.4. The fourth-order valence-corrected chi connectivity index (χ4v) is 3.57.